The minimum atomic E-state index is -4.17. The molecule has 3 atom stereocenters. The lowest BCUT2D eigenvalue weighted by molar-refractivity contribution is -0.225. The zero-order valence-electron chi connectivity index (χ0n) is 26.5. The quantitative estimate of drug-likeness (QED) is 0.463. The molecule has 2 aliphatic carbocycles. The van der Waals surface area contributed by atoms with Crippen LogP contribution in [-0.4, -0.2) is 95.9 Å². The molecule has 15 heteroatoms. The predicted molar refractivity (Wildman–Crippen MR) is 165 cm³/mol. The Morgan fingerprint density at radius 3 is 2.28 bits per heavy atom. The summed E-state index contributed by atoms with van der Waals surface area (Å²) in [5.41, 5.74) is 0.806. The van der Waals surface area contributed by atoms with E-state index in [-0.39, 0.29) is 47.9 Å². The van der Waals surface area contributed by atoms with Gasteiger partial charge in [-0.2, -0.15) is 13.2 Å². The third-order valence-electron chi connectivity index (χ3n) is 11.1. The second kappa shape index (κ2) is 10.9. The molecule has 5 heterocycles. The van der Waals surface area contributed by atoms with Crippen LogP contribution in [-0.2, 0) is 14.4 Å². The van der Waals surface area contributed by atoms with Gasteiger partial charge in [0.05, 0.1) is 29.2 Å². The van der Waals surface area contributed by atoms with Crippen molar-refractivity contribution in [3.8, 4) is 0 Å². The number of rotatable bonds is 7. The van der Waals surface area contributed by atoms with Gasteiger partial charge in [-0.3, -0.25) is 24.2 Å². The number of carbonyl (C=O) groups is 4. The third-order valence-corrected chi connectivity index (χ3v) is 11.8. The molecule has 0 aromatic carbocycles. The highest BCUT2D eigenvalue weighted by molar-refractivity contribution is 7.11. The summed E-state index contributed by atoms with van der Waals surface area (Å²) in [4.78, 5) is 68.2. The molecular weight excluding hydrogens is 635 g/mol. The number of anilines is 1. The summed E-state index contributed by atoms with van der Waals surface area (Å²) in [6, 6.07) is 3.95. The van der Waals surface area contributed by atoms with Gasteiger partial charge in [0, 0.05) is 63.1 Å². The van der Waals surface area contributed by atoms with Gasteiger partial charge < -0.3 is 25.3 Å². The van der Waals surface area contributed by atoms with Crippen molar-refractivity contribution in [2.24, 2.45) is 34.0 Å². The van der Waals surface area contributed by atoms with Crippen LogP contribution >= 0.6 is 11.3 Å². The Labute approximate surface area is 274 Å². The Balaban J connectivity index is 1.07. The van der Waals surface area contributed by atoms with E-state index in [1.54, 1.807) is 33.5 Å². The van der Waals surface area contributed by atoms with Gasteiger partial charge in [0.15, 0.2) is 6.04 Å². The summed E-state index contributed by atoms with van der Waals surface area (Å²) in [5, 5.41) is 5.48. The van der Waals surface area contributed by atoms with Crippen LogP contribution in [0.15, 0.2) is 29.9 Å². The van der Waals surface area contributed by atoms with Crippen LogP contribution in [0.1, 0.15) is 54.5 Å². The molecule has 2 N–H and O–H groups in total. The monoisotopic (exact) mass is 673 g/mol. The van der Waals surface area contributed by atoms with Gasteiger partial charge in [-0.1, -0.05) is 19.9 Å². The Bertz CT molecular complexity index is 1600. The highest BCUT2D eigenvalue weighted by Gasteiger charge is 2.62. The number of likely N-dealkylation sites (N-methyl/N-ethyl adjacent to an activating group) is 1. The fraction of sp³-hybridized carbons (Fsp3) is 0.625. The Hall–Kier alpha value is -3.75. The number of pyridine rings is 1. The maximum absolute atomic E-state index is 14.1. The molecule has 0 radical (unpaired) electrons. The largest absolute Gasteiger partial charge is 0.391 e. The van der Waals surface area contributed by atoms with Crippen LogP contribution in [0.4, 0.5) is 19.0 Å². The number of aromatic nitrogens is 2. The van der Waals surface area contributed by atoms with E-state index in [1.807, 2.05) is 4.90 Å². The normalized spacial score (nSPS) is 25.9. The molecule has 2 aromatic rings. The number of nitrogens with zero attached hydrogens (tertiary/aromatic N) is 5. The van der Waals surface area contributed by atoms with Crippen LogP contribution in [0.25, 0.3) is 0 Å². The number of nitrogens with one attached hydrogen (secondary N) is 2. The molecule has 1 unspecified atom stereocenters. The maximum atomic E-state index is 14.1. The molecule has 2 aromatic heterocycles. The lowest BCUT2D eigenvalue weighted by Gasteiger charge is -2.59. The number of carbonyl (C=O) groups excluding carboxylic acids is 4. The smallest absolute Gasteiger partial charge is 0.357 e. The summed E-state index contributed by atoms with van der Waals surface area (Å²) in [6.45, 7) is 6.13. The predicted octanol–water partition coefficient (Wildman–Crippen LogP) is 2.87. The van der Waals surface area contributed by atoms with E-state index in [2.05, 4.69) is 34.4 Å². The topological polar surface area (TPSA) is 128 Å². The van der Waals surface area contributed by atoms with Crippen LogP contribution < -0.4 is 15.5 Å². The van der Waals surface area contributed by atoms with Gasteiger partial charge in [0.25, 0.3) is 5.91 Å². The first-order chi connectivity index (χ1) is 22.1. The lowest BCUT2D eigenvalue weighted by Crippen LogP contribution is -2.64. The standard InChI is InChI=1S/C32H38F3N7O4S/c1-29(2)9-19(29)27(45)42-15-31(16-42)14-40(28(46)22-10-37-17-47-22)11-20(31)25(43)39-24(26(44)36-3)21-5-4-6-23(38-21)41-12-30(13-41)7-18(8-30)32(33,34)35/h4-6,10,17-20,24H,7-9,11-16H2,1-3H3,(H,36,44)(H,39,43)/t19-,20+,24?/m1/s1. The van der Waals surface area contributed by atoms with Crippen molar-refractivity contribution in [2.75, 3.05) is 51.2 Å². The lowest BCUT2D eigenvalue weighted by atomic mass is 9.57. The number of alkyl halides is 3. The fourth-order valence-electron chi connectivity index (χ4n) is 8.10. The number of halogens is 3. The van der Waals surface area contributed by atoms with Gasteiger partial charge in [-0.15, -0.1) is 11.3 Å². The van der Waals surface area contributed by atoms with Gasteiger partial charge in [0.2, 0.25) is 17.7 Å². The van der Waals surface area contributed by atoms with E-state index in [4.69, 9.17) is 0 Å². The van der Waals surface area contributed by atoms with Crippen LogP contribution in [0.2, 0.25) is 0 Å². The summed E-state index contributed by atoms with van der Waals surface area (Å²) in [6.07, 6.45) is -1.64. The van der Waals surface area contributed by atoms with Crippen molar-refractivity contribution in [3.05, 3.63) is 40.5 Å². The van der Waals surface area contributed by atoms with Crippen LogP contribution in [0, 0.1) is 34.0 Å². The van der Waals surface area contributed by atoms with Gasteiger partial charge in [0.1, 0.15) is 10.7 Å². The minimum absolute atomic E-state index is 0.0390. The third kappa shape index (κ3) is 5.53. The zero-order chi connectivity index (χ0) is 33.5. The molecule has 47 heavy (non-hydrogen) atoms. The van der Waals surface area contributed by atoms with Crippen molar-refractivity contribution in [1.82, 2.24) is 30.4 Å². The van der Waals surface area contributed by atoms with E-state index in [0.29, 0.717) is 49.1 Å². The Morgan fingerprint density at radius 2 is 1.68 bits per heavy atom. The summed E-state index contributed by atoms with van der Waals surface area (Å²) in [7, 11) is 1.46. The zero-order valence-corrected chi connectivity index (χ0v) is 27.3. The van der Waals surface area contributed by atoms with Crippen molar-refractivity contribution in [1.29, 1.82) is 0 Å². The SMILES string of the molecule is CNC(=O)C(NC(=O)[C@@H]1CN(C(=O)c2cncs2)CC12CN(C(=O)[C@H]1CC1(C)C)C2)c1cccc(N2CC3(CC(C(F)(F)F)C3)C2)n1. The average molecular weight is 674 g/mol. The van der Waals surface area contributed by atoms with Crippen molar-refractivity contribution in [2.45, 2.75) is 45.3 Å². The maximum Gasteiger partial charge on any atom is 0.391 e. The summed E-state index contributed by atoms with van der Waals surface area (Å²) < 4.78 is 39.2. The van der Waals surface area contributed by atoms with Gasteiger partial charge in [-0.25, -0.2) is 4.98 Å². The van der Waals surface area contributed by atoms with Crippen molar-refractivity contribution in [3.63, 3.8) is 0 Å². The molecule has 3 aliphatic heterocycles. The van der Waals surface area contributed by atoms with Crippen LogP contribution in [0.3, 0.4) is 0 Å². The molecule has 5 aliphatic rings. The molecule has 3 saturated heterocycles. The molecule has 2 spiro atoms. The van der Waals surface area contributed by atoms with E-state index in [9.17, 15) is 32.3 Å². The highest BCUT2D eigenvalue weighted by Crippen LogP contribution is 2.58. The second-order valence-electron chi connectivity index (χ2n) is 14.9. The molecular formula is C32H38F3N7O4S. The highest BCUT2D eigenvalue weighted by atomic mass is 32.1. The minimum Gasteiger partial charge on any atom is -0.357 e. The van der Waals surface area contributed by atoms with Gasteiger partial charge in [-0.05, 0) is 36.8 Å². The average Bonchev–Trinajstić information content (AvgIpc) is 3.33. The molecule has 0 bridgehead atoms. The molecule has 252 valence electrons. The van der Waals surface area contributed by atoms with Gasteiger partial charge >= 0.3 is 6.18 Å². The number of hydrogen-bond acceptors (Lipinski definition) is 8. The summed E-state index contributed by atoms with van der Waals surface area (Å²) >= 11 is 1.22. The molecule has 5 fully saturated rings. The number of thiazole rings is 1. The van der Waals surface area contributed by atoms with Crippen molar-refractivity contribution >= 4 is 40.8 Å². The first kappa shape index (κ1) is 31.8. The second-order valence-corrected chi connectivity index (χ2v) is 15.8. The number of amides is 4. The Kier molecular flexibility index (Phi) is 7.37. The van der Waals surface area contributed by atoms with E-state index in [0.717, 1.165) is 6.42 Å². The molecule has 4 amide bonds. The van der Waals surface area contributed by atoms with E-state index < -0.39 is 41.3 Å². The summed E-state index contributed by atoms with van der Waals surface area (Å²) in [5.74, 6) is -2.52. The number of hydrogen-bond donors (Lipinski definition) is 2. The van der Waals surface area contributed by atoms with E-state index in [1.165, 1.54) is 24.6 Å². The molecule has 2 saturated carbocycles. The van der Waals surface area contributed by atoms with Crippen LogP contribution in [0.5, 0.6) is 0 Å². The molecule has 11 nitrogen and oxygen atoms in total. The fourth-order valence-corrected chi connectivity index (χ4v) is 8.69. The van der Waals surface area contributed by atoms with Crippen molar-refractivity contribution < 1.29 is 32.3 Å². The number of likely N-dealkylation sites (tertiary alicyclic amines) is 2. The Morgan fingerprint density at radius 1 is 1.00 bits per heavy atom. The molecule has 7 rings (SSSR count). The first-order valence-corrected chi connectivity index (χ1v) is 16.8. The first-order valence-electron chi connectivity index (χ1n) is 15.9. The van der Waals surface area contributed by atoms with E-state index >= 15 is 0 Å².